The molecule has 0 fully saturated rings. The van der Waals surface area contributed by atoms with Crippen LogP contribution in [0.3, 0.4) is 0 Å². The molecule has 24 heavy (non-hydrogen) atoms. The number of nitrogens with zero attached hydrogens (tertiary/aromatic N) is 1. The number of hydrogen-bond acceptors (Lipinski definition) is 4. The fourth-order valence-electron chi connectivity index (χ4n) is 2.43. The molecule has 4 nitrogen and oxygen atoms in total. The summed E-state index contributed by atoms with van der Waals surface area (Å²) in [4.78, 5) is 14.8. The number of fused-ring (bicyclic) bond motifs is 1. The highest BCUT2D eigenvalue weighted by molar-refractivity contribution is 7.99. The summed E-state index contributed by atoms with van der Waals surface area (Å²) in [7, 11) is -4.65. The molecule has 0 atom stereocenters. The summed E-state index contributed by atoms with van der Waals surface area (Å²) >= 11 is 1.66. The van der Waals surface area contributed by atoms with E-state index in [1.165, 1.54) is 12.1 Å². The molecular weight excluding hydrogens is 356 g/mol. The number of amides is 1. The average Bonchev–Trinajstić information content (AvgIpc) is 2.60. The van der Waals surface area contributed by atoms with Gasteiger partial charge < -0.3 is 4.90 Å². The van der Waals surface area contributed by atoms with Crippen molar-refractivity contribution < 1.29 is 22.0 Å². The molecule has 0 unspecified atom stereocenters. The number of anilines is 1. The summed E-state index contributed by atoms with van der Waals surface area (Å²) in [5.41, 5.74) is 1.05. The van der Waals surface area contributed by atoms with Gasteiger partial charge in [0.2, 0.25) is 9.84 Å². The van der Waals surface area contributed by atoms with Crippen molar-refractivity contribution in [2.45, 2.75) is 15.5 Å². The highest BCUT2D eigenvalue weighted by atomic mass is 32.2. The van der Waals surface area contributed by atoms with Gasteiger partial charge >= 0.3 is 5.76 Å². The van der Waals surface area contributed by atoms with Crippen LogP contribution in [0.1, 0.15) is 10.4 Å². The second-order valence-corrected chi connectivity index (χ2v) is 8.16. The number of carbonyl (C=O) groups excluding carboxylic acids is 1. The zero-order valence-corrected chi connectivity index (χ0v) is 14.0. The predicted octanol–water partition coefficient (Wildman–Crippen LogP) is 3.44. The highest BCUT2D eigenvalue weighted by Crippen LogP contribution is 2.35. The number of alkyl halides is 2. The Balaban J connectivity index is 1.90. The maximum atomic E-state index is 12.7. The first-order valence-corrected chi connectivity index (χ1v) is 9.60. The molecule has 0 bridgehead atoms. The minimum Gasteiger partial charge on any atom is -0.306 e. The lowest BCUT2D eigenvalue weighted by atomic mass is 10.1. The van der Waals surface area contributed by atoms with Gasteiger partial charge in [-0.25, -0.2) is 8.42 Å². The Hall–Kier alpha value is -1.93. The van der Waals surface area contributed by atoms with Crippen molar-refractivity contribution in [3.8, 4) is 0 Å². The second-order valence-electron chi connectivity index (χ2n) is 5.10. The largest absolute Gasteiger partial charge is 0.341 e. The number of halogens is 2. The van der Waals surface area contributed by atoms with Crippen LogP contribution in [0.4, 0.5) is 14.5 Å². The zero-order chi connectivity index (χ0) is 17.3. The molecule has 1 aliphatic heterocycles. The third kappa shape index (κ3) is 3.03. The molecule has 0 saturated carbocycles. The summed E-state index contributed by atoms with van der Waals surface area (Å²) in [6, 6.07) is 12.1. The van der Waals surface area contributed by atoms with E-state index in [1.807, 2.05) is 24.3 Å². The Morgan fingerprint density at radius 1 is 1.08 bits per heavy atom. The number of rotatable bonds is 3. The smallest absolute Gasteiger partial charge is 0.306 e. The van der Waals surface area contributed by atoms with E-state index in [2.05, 4.69) is 0 Å². The first-order valence-electron chi connectivity index (χ1n) is 7.07. The van der Waals surface area contributed by atoms with Gasteiger partial charge in [0, 0.05) is 22.8 Å². The van der Waals surface area contributed by atoms with Gasteiger partial charge in [-0.1, -0.05) is 12.1 Å². The molecular formula is C16H13F2NO3S2. The van der Waals surface area contributed by atoms with Crippen LogP contribution in [0.2, 0.25) is 0 Å². The van der Waals surface area contributed by atoms with E-state index >= 15 is 0 Å². The number of thioether (sulfide) groups is 1. The van der Waals surface area contributed by atoms with E-state index in [0.717, 1.165) is 28.5 Å². The highest BCUT2D eigenvalue weighted by Gasteiger charge is 2.28. The van der Waals surface area contributed by atoms with Gasteiger partial charge in [0.05, 0.1) is 10.6 Å². The van der Waals surface area contributed by atoms with Gasteiger partial charge in [0.1, 0.15) is 0 Å². The first kappa shape index (κ1) is 16.9. The first-order chi connectivity index (χ1) is 11.4. The molecule has 1 heterocycles. The quantitative estimate of drug-likeness (QED) is 0.832. The molecule has 2 aromatic carbocycles. The maximum Gasteiger partial charge on any atom is 0.341 e. The molecule has 0 spiro atoms. The number of benzene rings is 2. The van der Waals surface area contributed by atoms with Gasteiger partial charge in [-0.2, -0.15) is 8.78 Å². The Kier molecular flexibility index (Phi) is 4.60. The van der Waals surface area contributed by atoms with E-state index in [9.17, 15) is 22.0 Å². The summed E-state index contributed by atoms with van der Waals surface area (Å²) in [6.45, 7) is 0.525. The minimum absolute atomic E-state index is 0.255. The predicted molar refractivity (Wildman–Crippen MR) is 88.5 cm³/mol. The van der Waals surface area contributed by atoms with E-state index in [0.29, 0.717) is 6.54 Å². The Bertz CT molecular complexity index is 867. The van der Waals surface area contributed by atoms with E-state index < -0.39 is 20.5 Å². The molecule has 0 N–H and O–H groups in total. The molecule has 2 aromatic rings. The average molecular weight is 369 g/mol. The minimum atomic E-state index is -4.65. The molecule has 1 amide bonds. The zero-order valence-electron chi connectivity index (χ0n) is 12.4. The Morgan fingerprint density at radius 2 is 1.75 bits per heavy atom. The molecule has 8 heteroatoms. The van der Waals surface area contributed by atoms with Crippen LogP contribution in [-0.4, -0.2) is 32.4 Å². The van der Waals surface area contributed by atoms with Crippen LogP contribution in [-0.2, 0) is 9.84 Å². The summed E-state index contributed by atoms with van der Waals surface area (Å²) in [6.07, 6.45) is 0. The SMILES string of the molecule is O=C(c1ccc(S(=O)(=O)C(F)F)cc1)N1CCSc2ccccc21. The van der Waals surface area contributed by atoms with Crippen molar-refractivity contribution in [3.63, 3.8) is 0 Å². The Labute approximate surface area is 142 Å². The number of hydrogen-bond donors (Lipinski definition) is 0. The van der Waals surface area contributed by atoms with Crippen LogP contribution < -0.4 is 4.90 Å². The van der Waals surface area contributed by atoms with Gasteiger partial charge in [0.25, 0.3) is 5.91 Å². The van der Waals surface area contributed by atoms with Crippen LogP contribution in [0.5, 0.6) is 0 Å². The standard InChI is InChI=1S/C16H13F2NO3S2/c17-16(18)24(21,22)12-7-5-11(6-8-12)15(20)19-9-10-23-14-4-2-1-3-13(14)19/h1-8,16H,9-10H2. The monoisotopic (exact) mass is 369 g/mol. The van der Waals surface area contributed by atoms with Crippen LogP contribution in [0, 0.1) is 0 Å². The van der Waals surface area contributed by atoms with Crippen molar-refractivity contribution in [1.29, 1.82) is 0 Å². The molecule has 3 rings (SSSR count). The molecule has 1 aliphatic rings. The third-order valence-corrected chi connectivity index (χ3v) is 6.08. The van der Waals surface area contributed by atoms with Crippen molar-refractivity contribution >= 4 is 33.2 Å². The number of sulfone groups is 1. The molecule has 0 aromatic heterocycles. The third-order valence-electron chi connectivity index (χ3n) is 3.64. The lowest BCUT2D eigenvalue weighted by Crippen LogP contribution is -2.35. The number of para-hydroxylation sites is 1. The fourth-order valence-corrected chi connectivity index (χ4v) is 4.14. The van der Waals surface area contributed by atoms with E-state index in [1.54, 1.807) is 16.7 Å². The summed E-state index contributed by atoms with van der Waals surface area (Å²) in [5.74, 6) is -3.02. The van der Waals surface area contributed by atoms with E-state index in [4.69, 9.17) is 0 Å². The van der Waals surface area contributed by atoms with Crippen LogP contribution >= 0.6 is 11.8 Å². The summed E-state index contributed by atoms with van der Waals surface area (Å²) < 4.78 is 48.0. The van der Waals surface area contributed by atoms with Crippen LogP contribution in [0.25, 0.3) is 0 Å². The van der Waals surface area contributed by atoms with Gasteiger partial charge in [-0.3, -0.25) is 4.79 Å². The maximum absolute atomic E-state index is 12.7. The second kappa shape index (κ2) is 6.52. The van der Waals surface area contributed by atoms with Crippen molar-refractivity contribution in [2.75, 3.05) is 17.2 Å². The lowest BCUT2D eigenvalue weighted by Gasteiger charge is -2.29. The molecule has 0 radical (unpaired) electrons. The molecule has 0 aliphatic carbocycles. The Morgan fingerprint density at radius 3 is 2.42 bits per heavy atom. The van der Waals surface area contributed by atoms with Crippen molar-refractivity contribution in [2.24, 2.45) is 0 Å². The number of carbonyl (C=O) groups is 1. The van der Waals surface area contributed by atoms with Gasteiger partial charge in [-0.15, -0.1) is 11.8 Å². The van der Waals surface area contributed by atoms with Gasteiger partial charge in [0.15, 0.2) is 0 Å². The fraction of sp³-hybridized carbons (Fsp3) is 0.188. The molecule has 0 saturated heterocycles. The van der Waals surface area contributed by atoms with Crippen LogP contribution in [0.15, 0.2) is 58.3 Å². The van der Waals surface area contributed by atoms with E-state index in [-0.39, 0.29) is 11.5 Å². The lowest BCUT2D eigenvalue weighted by molar-refractivity contribution is 0.0987. The van der Waals surface area contributed by atoms with Crippen molar-refractivity contribution in [3.05, 3.63) is 54.1 Å². The topological polar surface area (TPSA) is 54.5 Å². The molecule has 126 valence electrons. The normalized spacial score (nSPS) is 14.5. The van der Waals surface area contributed by atoms with Crippen molar-refractivity contribution in [1.82, 2.24) is 0 Å². The summed E-state index contributed by atoms with van der Waals surface area (Å²) in [5, 5.41) is 0. The van der Waals surface area contributed by atoms with Gasteiger partial charge in [-0.05, 0) is 36.4 Å².